The number of nitrogens with zero attached hydrogens (tertiary/aromatic N) is 2. The minimum Gasteiger partial charge on any atom is -0.504 e. The number of phenolic OH excluding ortho intramolecular Hbond substituents is 1. The van der Waals surface area contributed by atoms with Gasteiger partial charge in [0.2, 0.25) is 5.78 Å². The zero-order chi connectivity index (χ0) is 24.5. The lowest BCUT2D eigenvalue weighted by atomic mass is 9.94. The van der Waals surface area contributed by atoms with Crippen LogP contribution < -0.4 is 4.74 Å². The summed E-state index contributed by atoms with van der Waals surface area (Å²) in [5.41, 5.74) is 0.995. The molecule has 1 fully saturated rings. The lowest BCUT2D eigenvalue weighted by Crippen LogP contribution is -2.43. The van der Waals surface area contributed by atoms with Crippen molar-refractivity contribution in [3.8, 4) is 11.5 Å². The second-order valence-corrected chi connectivity index (χ2v) is 8.53. The predicted molar refractivity (Wildman–Crippen MR) is 127 cm³/mol. The lowest BCUT2D eigenvalue weighted by molar-refractivity contribution is -0.129. The van der Waals surface area contributed by atoms with Crippen molar-refractivity contribution in [1.82, 2.24) is 9.80 Å². The average Bonchev–Trinajstić information content (AvgIpc) is 3.42. The van der Waals surface area contributed by atoms with Crippen LogP contribution in [-0.4, -0.2) is 78.2 Å². The largest absolute Gasteiger partial charge is 0.504 e. The Bertz CT molecular complexity index is 1270. The van der Waals surface area contributed by atoms with Gasteiger partial charge in [0.1, 0.15) is 5.58 Å². The van der Waals surface area contributed by atoms with Crippen molar-refractivity contribution < 1.29 is 33.7 Å². The van der Waals surface area contributed by atoms with E-state index in [2.05, 4.69) is 4.90 Å². The Balaban J connectivity index is 1.53. The number of hydrogen-bond donors (Lipinski definition) is 2. The number of amides is 1. The molecule has 1 atom stereocenters. The van der Waals surface area contributed by atoms with Gasteiger partial charge in [-0.1, -0.05) is 24.3 Å². The summed E-state index contributed by atoms with van der Waals surface area (Å²) in [5.74, 6) is -1.64. The van der Waals surface area contributed by atoms with Crippen molar-refractivity contribution in [3.63, 3.8) is 0 Å². The first-order valence-electron chi connectivity index (χ1n) is 11.4. The van der Waals surface area contributed by atoms with Crippen molar-refractivity contribution >= 4 is 22.7 Å². The molecule has 0 saturated carbocycles. The summed E-state index contributed by atoms with van der Waals surface area (Å²) in [6.45, 7) is 3.55. The monoisotopic (exact) mass is 478 g/mol. The van der Waals surface area contributed by atoms with Crippen molar-refractivity contribution in [3.05, 3.63) is 71.2 Å². The van der Waals surface area contributed by atoms with E-state index >= 15 is 0 Å². The zero-order valence-corrected chi connectivity index (χ0v) is 19.3. The summed E-state index contributed by atoms with van der Waals surface area (Å²) in [7, 11) is 1.42. The summed E-state index contributed by atoms with van der Waals surface area (Å²) in [6.07, 6.45) is 0. The number of fused-ring (bicyclic) bond motifs is 1. The number of furan rings is 1. The first-order valence-corrected chi connectivity index (χ1v) is 11.4. The molecule has 0 aliphatic carbocycles. The molecule has 1 saturated heterocycles. The lowest BCUT2D eigenvalue weighted by Gasteiger charge is -2.31. The molecule has 2 N–H and O–H groups in total. The fourth-order valence-electron chi connectivity index (χ4n) is 4.63. The molecule has 9 nitrogen and oxygen atoms in total. The van der Waals surface area contributed by atoms with Crippen LogP contribution in [0.1, 0.15) is 22.2 Å². The molecule has 2 aliphatic rings. The van der Waals surface area contributed by atoms with Gasteiger partial charge in [-0.15, -0.1) is 0 Å². The number of phenols is 1. The van der Waals surface area contributed by atoms with Crippen molar-refractivity contribution in [2.75, 3.05) is 46.5 Å². The number of para-hydroxylation sites is 1. The van der Waals surface area contributed by atoms with Crippen LogP contribution in [0.15, 0.2) is 64.3 Å². The third-order valence-corrected chi connectivity index (χ3v) is 6.48. The number of aliphatic hydroxyl groups excluding tert-OH is 1. The number of aromatic hydroxyl groups is 1. The Morgan fingerprint density at radius 3 is 2.60 bits per heavy atom. The maximum Gasteiger partial charge on any atom is 0.290 e. The van der Waals surface area contributed by atoms with E-state index in [0.717, 1.165) is 18.5 Å². The van der Waals surface area contributed by atoms with Crippen LogP contribution in [0.3, 0.4) is 0 Å². The van der Waals surface area contributed by atoms with Crippen LogP contribution in [0.4, 0.5) is 0 Å². The van der Waals surface area contributed by atoms with E-state index in [1.54, 1.807) is 30.3 Å². The molecule has 2 aromatic carbocycles. The Labute approximate surface area is 201 Å². The number of ether oxygens (including phenoxy) is 2. The highest BCUT2D eigenvalue weighted by Crippen LogP contribution is 2.41. The van der Waals surface area contributed by atoms with E-state index in [1.807, 2.05) is 12.1 Å². The normalized spacial score (nSPS) is 19.1. The first kappa shape index (κ1) is 22.9. The first-order chi connectivity index (χ1) is 17.0. The Kier molecular flexibility index (Phi) is 6.19. The molecule has 3 aromatic rings. The maximum atomic E-state index is 13.6. The number of rotatable bonds is 7. The summed E-state index contributed by atoms with van der Waals surface area (Å²) < 4.78 is 16.4. The number of aliphatic hydroxyl groups is 1. The number of methoxy groups -OCH3 is 1. The minimum absolute atomic E-state index is 0.0336. The van der Waals surface area contributed by atoms with Crippen LogP contribution >= 0.6 is 0 Å². The van der Waals surface area contributed by atoms with E-state index in [1.165, 1.54) is 18.1 Å². The van der Waals surface area contributed by atoms with Gasteiger partial charge in [0.05, 0.1) is 31.9 Å². The standard InChI is InChI=1S/C26H26N2O7/c1-33-20-15-17(6-7-18(20)29)23-22(24(30)21-14-16-4-2-3-5-19(16)35-21)25(31)26(32)28(23)9-8-27-10-12-34-13-11-27/h2-7,14-15,23,29,31H,8-13H2,1H3. The molecule has 3 heterocycles. The van der Waals surface area contributed by atoms with Crippen LogP contribution in [-0.2, 0) is 9.53 Å². The SMILES string of the molecule is COc1cc(C2C(C(=O)c3cc4ccccc4o3)=C(O)C(=O)N2CCN2CCOCC2)ccc1O. The number of carbonyl (C=O) groups excluding carboxylic acids is 2. The molecule has 1 amide bonds. The number of ketones is 1. The summed E-state index contributed by atoms with van der Waals surface area (Å²) in [6, 6.07) is 12.6. The third kappa shape index (κ3) is 4.24. The molecule has 0 spiro atoms. The maximum absolute atomic E-state index is 13.6. The topological polar surface area (TPSA) is 113 Å². The fraction of sp³-hybridized carbons (Fsp3) is 0.308. The summed E-state index contributed by atoms with van der Waals surface area (Å²) in [4.78, 5) is 30.5. The number of hydrogen-bond acceptors (Lipinski definition) is 8. The van der Waals surface area contributed by atoms with Gasteiger partial charge in [0, 0.05) is 31.6 Å². The Morgan fingerprint density at radius 1 is 1.09 bits per heavy atom. The Hall–Kier alpha value is -3.82. The van der Waals surface area contributed by atoms with Gasteiger partial charge in [-0.05, 0) is 29.8 Å². The van der Waals surface area contributed by atoms with Crippen molar-refractivity contribution in [1.29, 1.82) is 0 Å². The number of carbonyl (C=O) groups is 2. The van der Waals surface area contributed by atoms with Crippen LogP contribution in [0.2, 0.25) is 0 Å². The highest BCUT2D eigenvalue weighted by atomic mass is 16.5. The average molecular weight is 479 g/mol. The highest BCUT2D eigenvalue weighted by molar-refractivity contribution is 6.16. The van der Waals surface area contributed by atoms with E-state index in [-0.39, 0.29) is 29.4 Å². The van der Waals surface area contributed by atoms with Crippen LogP contribution in [0.5, 0.6) is 11.5 Å². The van der Waals surface area contributed by atoms with Crippen molar-refractivity contribution in [2.45, 2.75) is 6.04 Å². The highest BCUT2D eigenvalue weighted by Gasteiger charge is 2.44. The van der Waals surface area contributed by atoms with Crippen LogP contribution in [0, 0.1) is 0 Å². The molecule has 1 aromatic heterocycles. The summed E-state index contributed by atoms with van der Waals surface area (Å²) >= 11 is 0. The molecular weight excluding hydrogens is 452 g/mol. The van der Waals surface area contributed by atoms with Gasteiger partial charge in [0.25, 0.3) is 5.91 Å². The number of Topliss-reactive ketones (excluding diaryl/α,β-unsaturated/α-hetero) is 1. The smallest absolute Gasteiger partial charge is 0.290 e. The second kappa shape index (κ2) is 9.44. The zero-order valence-electron chi connectivity index (χ0n) is 19.3. The molecule has 5 rings (SSSR count). The summed E-state index contributed by atoms with van der Waals surface area (Å²) in [5, 5.41) is 21.7. The number of benzene rings is 2. The fourth-order valence-corrected chi connectivity index (χ4v) is 4.63. The van der Waals surface area contributed by atoms with E-state index in [0.29, 0.717) is 30.9 Å². The molecule has 182 valence electrons. The molecule has 35 heavy (non-hydrogen) atoms. The van der Waals surface area contributed by atoms with Gasteiger partial charge in [-0.3, -0.25) is 14.5 Å². The van der Waals surface area contributed by atoms with Gasteiger partial charge in [-0.25, -0.2) is 0 Å². The molecule has 0 radical (unpaired) electrons. The van der Waals surface area contributed by atoms with Gasteiger partial charge in [0.15, 0.2) is 23.0 Å². The van der Waals surface area contributed by atoms with Gasteiger partial charge in [-0.2, -0.15) is 0 Å². The van der Waals surface area contributed by atoms with E-state index in [4.69, 9.17) is 13.9 Å². The van der Waals surface area contributed by atoms with E-state index in [9.17, 15) is 19.8 Å². The molecular formula is C26H26N2O7. The molecule has 2 aliphatic heterocycles. The second-order valence-electron chi connectivity index (χ2n) is 8.53. The van der Waals surface area contributed by atoms with Gasteiger partial charge < -0.3 is 29.0 Å². The quantitative estimate of drug-likeness (QED) is 0.499. The van der Waals surface area contributed by atoms with Crippen molar-refractivity contribution in [2.24, 2.45) is 0 Å². The minimum atomic E-state index is -0.876. The van der Waals surface area contributed by atoms with Gasteiger partial charge >= 0.3 is 0 Å². The third-order valence-electron chi connectivity index (χ3n) is 6.48. The van der Waals surface area contributed by atoms with Crippen LogP contribution in [0.25, 0.3) is 11.0 Å². The predicted octanol–water partition coefficient (Wildman–Crippen LogP) is 3.06. The Morgan fingerprint density at radius 2 is 1.86 bits per heavy atom. The molecule has 0 bridgehead atoms. The molecule has 1 unspecified atom stereocenters. The van der Waals surface area contributed by atoms with E-state index < -0.39 is 23.5 Å². The molecule has 9 heteroatoms. The number of morpholine rings is 1.